The summed E-state index contributed by atoms with van der Waals surface area (Å²) in [6.45, 7) is 8.00. The molecule has 0 saturated carbocycles. The Hall–Kier alpha value is -1.57. The van der Waals surface area contributed by atoms with Gasteiger partial charge in [0.15, 0.2) is 0 Å². The van der Waals surface area contributed by atoms with Crippen molar-refractivity contribution in [3.63, 3.8) is 0 Å². The van der Waals surface area contributed by atoms with Gasteiger partial charge in [-0.25, -0.2) is 0 Å². The lowest BCUT2D eigenvalue weighted by molar-refractivity contribution is -0.105. The Bertz CT molecular complexity index is 403. The third-order valence-corrected chi connectivity index (χ3v) is 2.37. The lowest BCUT2D eigenvalue weighted by Gasteiger charge is -2.10. The number of rotatable bonds is 5. The number of carbonyl (C=O) groups excluding carboxylic acids is 1. The molecule has 0 amide bonds. The Labute approximate surface area is 103 Å². The molecule has 1 aromatic rings. The lowest BCUT2D eigenvalue weighted by atomic mass is 10.0. The number of ether oxygens (including phenoxy) is 1. The van der Waals surface area contributed by atoms with Crippen LogP contribution in [0.15, 0.2) is 29.8 Å². The molecule has 0 atom stereocenters. The zero-order valence-electron chi connectivity index (χ0n) is 10.9. The van der Waals surface area contributed by atoms with Gasteiger partial charge in [-0.15, -0.1) is 0 Å². The second-order valence-electron chi connectivity index (χ2n) is 4.66. The maximum absolute atomic E-state index is 10.9. The maximum atomic E-state index is 10.9. The fourth-order valence-electron chi connectivity index (χ4n) is 1.48. The van der Waals surface area contributed by atoms with Crippen LogP contribution in [0.25, 0.3) is 6.08 Å². The SMILES string of the molecule is CC(C)Oc1cccc(C=C(C=O)C(C)C)c1. The molecular weight excluding hydrogens is 212 g/mol. The molecule has 2 heteroatoms. The van der Waals surface area contributed by atoms with E-state index in [1.165, 1.54) is 0 Å². The third kappa shape index (κ3) is 4.43. The highest BCUT2D eigenvalue weighted by Gasteiger charge is 2.03. The molecule has 17 heavy (non-hydrogen) atoms. The smallest absolute Gasteiger partial charge is 0.146 e. The molecule has 0 aliphatic heterocycles. The summed E-state index contributed by atoms with van der Waals surface area (Å²) in [6, 6.07) is 7.78. The minimum atomic E-state index is 0.157. The molecule has 0 aliphatic rings. The minimum absolute atomic E-state index is 0.157. The van der Waals surface area contributed by atoms with Crippen LogP contribution in [0.3, 0.4) is 0 Å². The molecule has 0 heterocycles. The Morgan fingerprint density at radius 1 is 1.24 bits per heavy atom. The lowest BCUT2D eigenvalue weighted by Crippen LogP contribution is -2.05. The van der Waals surface area contributed by atoms with E-state index in [1.807, 2.05) is 58.0 Å². The van der Waals surface area contributed by atoms with Crippen LogP contribution in [0, 0.1) is 5.92 Å². The van der Waals surface area contributed by atoms with Crippen LogP contribution >= 0.6 is 0 Å². The standard InChI is InChI=1S/C15H20O2/c1-11(2)14(10-16)8-13-6-5-7-15(9-13)17-12(3)4/h5-12H,1-4H3. The molecule has 1 rings (SSSR count). The van der Waals surface area contributed by atoms with Gasteiger partial charge in [0.1, 0.15) is 12.0 Å². The summed E-state index contributed by atoms with van der Waals surface area (Å²) in [4.78, 5) is 10.9. The van der Waals surface area contributed by atoms with E-state index >= 15 is 0 Å². The quantitative estimate of drug-likeness (QED) is 0.571. The van der Waals surface area contributed by atoms with Gasteiger partial charge in [-0.1, -0.05) is 26.0 Å². The zero-order chi connectivity index (χ0) is 12.8. The first-order chi connectivity index (χ1) is 8.02. The van der Waals surface area contributed by atoms with Gasteiger partial charge in [-0.05, 0) is 49.1 Å². The van der Waals surface area contributed by atoms with Crippen molar-refractivity contribution in [2.24, 2.45) is 5.92 Å². The molecule has 0 bridgehead atoms. The summed E-state index contributed by atoms with van der Waals surface area (Å²) in [7, 11) is 0. The molecule has 0 N–H and O–H groups in total. The van der Waals surface area contributed by atoms with Crippen LogP contribution in [0.4, 0.5) is 0 Å². The maximum Gasteiger partial charge on any atom is 0.146 e. The van der Waals surface area contributed by atoms with E-state index in [0.29, 0.717) is 0 Å². The Kier molecular flexibility index (Phi) is 4.95. The van der Waals surface area contributed by atoms with Crippen molar-refractivity contribution in [2.75, 3.05) is 0 Å². The van der Waals surface area contributed by atoms with E-state index in [9.17, 15) is 4.79 Å². The second-order valence-corrected chi connectivity index (χ2v) is 4.66. The van der Waals surface area contributed by atoms with Crippen LogP contribution in [-0.2, 0) is 4.79 Å². The van der Waals surface area contributed by atoms with Crippen LogP contribution in [0.5, 0.6) is 5.75 Å². The first kappa shape index (κ1) is 13.5. The van der Waals surface area contributed by atoms with Gasteiger partial charge in [0, 0.05) is 0 Å². The number of hydrogen-bond acceptors (Lipinski definition) is 2. The number of benzene rings is 1. The highest BCUT2D eigenvalue weighted by molar-refractivity contribution is 5.82. The first-order valence-corrected chi connectivity index (χ1v) is 5.96. The van der Waals surface area contributed by atoms with Gasteiger partial charge >= 0.3 is 0 Å². The summed E-state index contributed by atoms with van der Waals surface area (Å²) in [5.41, 5.74) is 1.80. The largest absolute Gasteiger partial charge is 0.491 e. The van der Waals surface area contributed by atoms with Crippen molar-refractivity contribution in [3.8, 4) is 5.75 Å². The van der Waals surface area contributed by atoms with Crippen molar-refractivity contribution >= 4 is 12.4 Å². The number of aldehydes is 1. The molecule has 0 fully saturated rings. The molecule has 1 aromatic carbocycles. The van der Waals surface area contributed by atoms with Crippen molar-refractivity contribution in [1.82, 2.24) is 0 Å². The van der Waals surface area contributed by atoms with Crippen molar-refractivity contribution in [2.45, 2.75) is 33.8 Å². The highest BCUT2D eigenvalue weighted by Crippen LogP contribution is 2.18. The predicted molar refractivity (Wildman–Crippen MR) is 71.1 cm³/mol. The van der Waals surface area contributed by atoms with Gasteiger partial charge in [-0.2, -0.15) is 0 Å². The van der Waals surface area contributed by atoms with E-state index in [2.05, 4.69) is 0 Å². The van der Waals surface area contributed by atoms with Gasteiger partial charge in [0.05, 0.1) is 6.10 Å². The fraction of sp³-hybridized carbons (Fsp3) is 0.400. The summed E-state index contributed by atoms with van der Waals surface area (Å²) >= 11 is 0. The molecule has 92 valence electrons. The normalized spacial score (nSPS) is 12.0. The zero-order valence-corrected chi connectivity index (χ0v) is 10.9. The van der Waals surface area contributed by atoms with Gasteiger partial charge in [-0.3, -0.25) is 4.79 Å². The summed E-state index contributed by atoms with van der Waals surface area (Å²) in [5.74, 6) is 1.07. The van der Waals surface area contributed by atoms with E-state index in [4.69, 9.17) is 4.74 Å². The van der Waals surface area contributed by atoms with E-state index in [-0.39, 0.29) is 12.0 Å². The fourth-order valence-corrected chi connectivity index (χ4v) is 1.48. The first-order valence-electron chi connectivity index (χ1n) is 5.96. The summed E-state index contributed by atoms with van der Waals surface area (Å²) in [6.07, 6.45) is 2.98. The van der Waals surface area contributed by atoms with Crippen LogP contribution in [0.2, 0.25) is 0 Å². The van der Waals surface area contributed by atoms with Crippen LogP contribution in [0.1, 0.15) is 33.3 Å². The topological polar surface area (TPSA) is 26.3 Å². The second kappa shape index (κ2) is 6.24. The van der Waals surface area contributed by atoms with Gasteiger partial charge < -0.3 is 4.74 Å². The van der Waals surface area contributed by atoms with Gasteiger partial charge in [0.25, 0.3) is 0 Å². The Balaban J connectivity index is 2.95. The molecule has 0 spiro atoms. The van der Waals surface area contributed by atoms with E-state index in [0.717, 1.165) is 23.2 Å². The molecule has 0 radical (unpaired) electrons. The number of hydrogen-bond donors (Lipinski definition) is 0. The summed E-state index contributed by atoms with van der Waals surface area (Å²) < 4.78 is 5.61. The minimum Gasteiger partial charge on any atom is -0.491 e. The predicted octanol–water partition coefficient (Wildman–Crippen LogP) is 3.71. The van der Waals surface area contributed by atoms with Crippen molar-refractivity contribution < 1.29 is 9.53 Å². The van der Waals surface area contributed by atoms with E-state index < -0.39 is 0 Å². The van der Waals surface area contributed by atoms with E-state index in [1.54, 1.807) is 0 Å². The molecule has 0 aromatic heterocycles. The monoisotopic (exact) mass is 232 g/mol. The molecular formula is C15H20O2. The third-order valence-electron chi connectivity index (χ3n) is 2.37. The molecule has 2 nitrogen and oxygen atoms in total. The highest BCUT2D eigenvalue weighted by atomic mass is 16.5. The summed E-state index contributed by atoms with van der Waals surface area (Å²) in [5, 5.41) is 0. The molecule has 0 unspecified atom stereocenters. The van der Waals surface area contributed by atoms with Crippen LogP contribution in [-0.4, -0.2) is 12.4 Å². The molecule has 0 aliphatic carbocycles. The number of carbonyl (C=O) groups is 1. The average Bonchev–Trinajstić information content (AvgIpc) is 2.25. The van der Waals surface area contributed by atoms with Crippen molar-refractivity contribution in [1.29, 1.82) is 0 Å². The average molecular weight is 232 g/mol. The molecule has 0 saturated heterocycles. The number of allylic oxidation sites excluding steroid dienone is 1. The van der Waals surface area contributed by atoms with Crippen LogP contribution < -0.4 is 4.74 Å². The Morgan fingerprint density at radius 3 is 2.47 bits per heavy atom. The van der Waals surface area contributed by atoms with Gasteiger partial charge in [0.2, 0.25) is 0 Å². The van der Waals surface area contributed by atoms with Crippen molar-refractivity contribution in [3.05, 3.63) is 35.4 Å². The Morgan fingerprint density at radius 2 is 1.94 bits per heavy atom.